The molecule has 0 heterocycles. The van der Waals surface area contributed by atoms with E-state index >= 15 is 0 Å². The van der Waals surface area contributed by atoms with Gasteiger partial charge in [0.15, 0.2) is 0 Å². The smallest absolute Gasteiger partial charge is 0.307 e. The van der Waals surface area contributed by atoms with Crippen LogP contribution in [-0.4, -0.2) is 19.1 Å². The Morgan fingerprint density at radius 3 is 2.60 bits per heavy atom. The molecule has 1 aromatic carbocycles. The number of benzene rings is 1. The first-order valence-electron chi connectivity index (χ1n) is 7.70. The van der Waals surface area contributed by atoms with Gasteiger partial charge in [-0.2, -0.15) is 0 Å². The zero-order valence-electron chi connectivity index (χ0n) is 12.4. The molecule has 3 nitrogen and oxygen atoms in total. The van der Waals surface area contributed by atoms with Crippen LogP contribution < -0.4 is 5.32 Å². The van der Waals surface area contributed by atoms with Crippen molar-refractivity contribution in [2.45, 2.75) is 45.4 Å². The molecule has 0 unspecified atom stereocenters. The number of rotatable bonds is 6. The molecule has 3 heteroatoms. The summed E-state index contributed by atoms with van der Waals surface area (Å²) in [6.45, 7) is 3.31. The van der Waals surface area contributed by atoms with Crippen LogP contribution in [0.2, 0.25) is 0 Å². The van der Waals surface area contributed by atoms with Crippen LogP contribution in [0.4, 0.5) is 5.69 Å². The molecule has 1 aliphatic rings. The summed E-state index contributed by atoms with van der Waals surface area (Å²) in [7, 11) is 0. The molecule has 0 bridgehead atoms. The van der Waals surface area contributed by atoms with Crippen molar-refractivity contribution < 1.29 is 9.53 Å². The molecule has 1 N–H and O–H groups in total. The van der Waals surface area contributed by atoms with Gasteiger partial charge in [0.2, 0.25) is 0 Å². The van der Waals surface area contributed by atoms with Crippen molar-refractivity contribution >= 4 is 11.7 Å². The average Bonchev–Trinajstić information content (AvgIpc) is 2.48. The summed E-state index contributed by atoms with van der Waals surface area (Å²) in [5.41, 5.74) is 2.29. The zero-order chi connectivity index (χ0) is 14.2. The predicted octanol–water partition coefficient (Wildman–Crippen LogP) is 3.92. The van der Waals surface area contributed by atoms with Gasteiger partial charge < -0.3 is 10.1 Å². The molecule has 1 saturated carbocycles. The largest absolute Gasteiger partial charge is 0.465 e. The second kappa shape index (κ2) is 7.93. The zero-order valence-corrected chi connectivity index (χ0v) is 12.4. The van der Waals surface area contributed by atoms with E-state index in [0.29, 0.717) is 25.5 Å². The fourth-order valence-corrected chi connectivity index (χ4v) is 2.62. The lowest BCUT2D eigenvalue weighted by molar-refractivity contribution is -0.145. The fourth-order valence-electron chi connectivity index (χ4n) is 2.62. The van der Waals surface area contributed by atoms with E-state index < -0.39 is 0 Å². The molecule has 2 rings (SSSR count). The molecule has 0 radical (unpaired) electrons. The van der Waals surface area contributed by atoms with Gasteiger partial charge in [-0.25, -0.2) is 0 Å². The third-order valence-electron chi connectivity index (χ3n) is 3.91. The Morgan fingerprint density at radius 2 is 1.90 bits per heavy atom. The quantitative estimate of drug-likeness (QED) is 0.800. The van der Waals surface area contributed by atoms with Gasteiger partial charge in [-0.3, -0.25) is 4.79 Å². The minimum atomic E-state index is -0.0878. The van der Waals surface area contributed by atoms with E-state index in [9.17, 15) is 4.79 Å². The van der Waals surface area contributed by atoms with Gasteiger partial charge in [-0.15, -0.1) is 0 Å². The molecule has 1 fully saturated rings. The number of ether oxygens (including phenoxy) is 1. The molecule has 0 aromatic heterocycles. The van der Waals surface area contributed by atoms with Gasteiger partial charge in [0.05, 0.1) is 13.0 Å². The number of carbonyl (C=O) groups excluding carboxylic acids is 1. The summed E-state index contributed by atoms with van der Waals surface area (Å²) in [6, 6.07) is 8.18. The first kappa shape index (κ1) is 14.9. The summed E-state index contributed by atoms with van der Waals surface area (Å²) in [6.07, 6.45) is 6.78. The predicted molar refractivity (Wildman–Crippen MR) is 81.8 cm³/mol. The van der Waals surface area contributed by atoms with Crippen LogP contribution in [0.25, 0.3) is 0 Å². The van der Waals surface area contributed by atoms with Crippen LogP contribution in [0.5, 0.6) is 0 Å². The lowest BCUT2D eigenvalue weighted by Crippen LogP contribution is -2.18. The van der Waals surface area contributed by atoms with Gasteiger partial charge in [-0.05, 0) is 37.8 Å². The minimum absolute atomic E-state index is 0.0878. The maximum atomic E-state index is 11.7. The van der Waals surface area contributed by atoms with Crippen LogP contribution in [0.1, 0.15) is 44.1 Å². The van der Waals surface area contributed by atoms with Crippen molar-refractivity contribution in [1.82, 2.24) is 0 Å². The molecule has 0 atom stereocenters. The number of hydrogen-bond acceptors (Lipinski definition) is 3. The van der Waals surface area contributed by atoms with Crippen molar-refractivity contribution in [3.8, 4) is 0 Å². The Morgan fingerprint density at radius 1 is 1.20 bits per heavy atom. The van der Waals surface area contributed by atoms with E-state index in [1.54, 1.807) is 0 Å². The van der Waals surface area contributed by atoms with Crippen molar-refractivity contribution in [2.75, 3.05) is 18.5 Å². The highest BCUT2D eigenvalue weighted by Crippen LogP contribution is 2.23. The topological polar surface area (TPSA) is 38.3 Å². The monoisotopic (exact) mass is 275 g/mol. The van der Waals surface area contributed by atoms with E-state index in [2.05, 4.69) is 24.4 Å². The van der Waals surface area contributed by atoms with Crippen LogP contribution >= 0.6 is 0 Å². The lowest BCUT2D eigenvalue weighted by atomic mass is 9.90. The summed E-state index contributed by atoms with van der Waals surface area (Å²) in [5, 5.41) is 3.24. The van der Waals surface area contributed by atoms with Crippen molar-refractivity contribution in [3.05, 3.63) is 29.8 Å². The molecule has 20 heavy (non-hydrogen) atoms. The fraction of sp³-hybridized carbons (Fsp3) is 0.588. The Hall–Kier alpha value is -1.51. The molecule has 0 aliphatic heterocycles. The minimum Gasteiger partial charge on any atom is -0.465 e. The number of carbonyl (C=O) groups is 1. The van der Waals surface area contributed by atoms with Gasteiger partial charge in [0.25, 0.3) is 0 Å². The summed E-state index contributed by atoms with van der Waals surface area (Å²) >= 11 is 0. The highest BCUT2D eigenvalue weighted by atomic mass is 16.5. The first-order chi connectivity index (χ1) is 9.74. The Balaban J connectivity index is 1.58. The lowest BCUT2D eigenvalue weighted by Gasteiger charge is -2.21. The summed E-state index contributed by atoms with van der Waals surface area (Å²) in [5.74, 6) is 0.507. The van der Waals surface area contributed by atoms with Crippen LogP contribution in [-0.2, 0) is 9.53 Å². The number of nitrogens with one attached hydrogen (secondary N) is 1. The van der Waals surface area contributed by atoms with E-state index in [0.717, 1.165) is 5.69 Å². The molecule has 0 amide bonds. The number of aryl methyl sites for hydroxylation is 1. The highest BCUT2D eigenvalue weighted by molar-refractivity contribution is 5.70. The standard InChI is InChI=1S/C17H25NO2/c1-14-7-9-16(10-8-14)18-12-11-17(19)20-13-15-5-3-2-4-6-15/h7-10,15,18H,2-6,11-13H2,1H3. The maximum absolute atomic E-state index is 11.7. The molecule has 0 spiro atoms. The van der Waals surface area contributed by atoms with Gasteiger partial charge in [-0.1, -0.05) is 37.0 Å². The molecule has 1 aliphatic carbocycles. The molecule has 1 aromatic rings. The second-order valence-corrected chi connectivity index (χ2v) is 5.73. The highest BCUT2D eigenvalue weighted by Gasteiger charge is 2.15. The molecular formula is C17H25NO2. The molecule has 0 saturated heterocycles. The van der Waals surface area contributed by atoms with Crippen LogP contribution in [0.3, 0.4) is 0 Å². The number of anilines is 1. The third-order valence-corrected chi connectivity index (χ3v) is 3.91. The normalized spacial score (nSPS) is 15.8. The Labute approximate surface area is 121 Å². The Bertz CT molecular complexity index is 408. The number of hydrogen-bond donors (Lipinski definition) is 1. The SMILES string of the molecule is Cc1ccc(NCCC(=O)OCC2CCCCC2)cc1. The van der Waals surface area contributed by atoms with Crippen molar-refractivity contribution in [3.63, 3.8) is 0 Å². The first-order valence-corrected chi connectivity index (χ1v) is 7.70. The average molecular weight is 275 g/mol. The summed E-state index contributed by atoms with van der Waals surface area (Å²) < 4.78 is 5.36. The van der Waals surface area contributed by atoms with Crippen LogP contribution in [0, 0.1) is 12.8 Å². The third kappa shape index (κ3) is 5.24. The second-order valence-electron chi connectivity index (χ2n) is 5.73. The molecular weight excluding hydrogens is 250 g/mol. The van der Waals surface area contributed by atoms with E-state index in [1.165, 1.54) is 37.7 Å². The van der Waals surface area contributed by atoms with Crippen molar-refractivity contribution in [2.24, 2.45) is 5.92 Å². The summed E-state index contributed by atoms with van der Waals surface area (Å²) in [4.78, 5) is 11.7. The van der Waals surface area contributed by atoms with E-state index in [-0.39, 0.29) is 5.97 Å². The van der Waals surface area contributed by atoms with E-state index in [4.69, 9.17) is 4.74 Å². The van der Waals surface area contributed by atoms with Gasteiger partial charge in [0, 0.05) is 12.2 Å². The van der Waals surface area contributed by atoms with Gasteiger partial charge >= 0.3 is 5.97 Å². The van der Waals surface area contributed by atoms with Crippen molar-refractivity contribution in [1.29, 1.82) is 0 Å². The maximum Gasteiger partial charge on any atom is 0.307 e. The van der Waals surface area contributed by atoms with Gasteiger partial charge in [0.1, 0.15) is 0 Å². The van der Waals surface area contributed by atoms with Crippen LogP contribution in [0.15, 0.2) is 24.3 Å². The Kier molecular flexibility index (Phi) is 5.90. The molecule has 110 valence electrons. The van der Waals surface area contributed by atoms with E-state index in [1.807, 2.05) is 12.1 Å². The number of esters is 1.